The van der Waals surface area contributed by atoms with E-state index in [0.717, 1.165) is 12.3 Å². The number of halogens is 2. The molecular weight excluding hydrogens is 176 g/mol. The lowest BCUT2D eigenvalue weighted by Gasteiger charge is -2.05. The van der Waals surface area contributed by atoms with E-state index in [4.69, 9.17) is 0 Å². The molecule has 0 N–H and O–H groups in total. The highest BCUT2D eigenvalue weighted by Gasteiger charge is 2.07. The quantitative estimate of drug-likeness (QED) is 0.692. The SMILES string of the molecule is C=C(C)c1ccc(=O)n(C(F)F)c1. The molecule has 1 aromatic rings. The normalized spacial score (nSPS) is 10.5. The van der Waals surface area contributed by atoms with Crippen LogP contribution in [0.25, 0.3) is 5.57 Å². The zero-order valence-corrected chi connectivity index (χ0v) is 7.13. The summed E-state index contributed by atoms with van der Waals surface area (Å²) in [5.41, 5.74) is 0.481. The molecule has 0 saturated carbocycles. The van der Waals surface area contributed by atoms with Gasteiger partial charge < -0.3 is 0 Å². The highest BCUT2D eigenvalue weighted by molar-refractivity contribution is 5.60. The Balaban J connectivity index is 3.27. The summed E-state index contributed by atoms with van der Waals surface area (Å²) in [4.78, 5) is 10.9. The molecule has 70 valence electrons. The molecule has 1 aromatic heterocycles. The molecule has 0 bridgehead atoms. The lowest BCUT2D eigenvalue weighted by Crippen LogP contribution is -2.19. The van der Waals surface area contributed by atoms with Crippen molar-refractivity contribution >= 4 is 5.57 Å². The molecule has 0 fully saturated rings. The van der Waals surface area contributed by atoms with Crippen LogP contribution in [0.2, 0.25) is 0 Å². The van der Waals surface area contributed by atoms with Crippen LogP contribution in [0.3, 0.4) is 0 Å². The van der Waals surface area contributed by atoms with Gasteiger partial charge in [0.2, 0.25) is 0 Å². The Hall–Kier alpha value is -1.45. The number of hydrogen-bond acceptors (Lipinski definition) is 1. The van der Waals surface area contributed by atoms with Gasteiger partial charge in [-0.3, -0.25) is 9.36 Å². The third kappa shape index (κ3) is 2.02. The Morgan fingerprint density at radius 2 is 2.15 bits per heavy atom. The summed E-state index contributed by atoms with van der Waals surface area (Å²) in [7, 11) is 0. The molecule has 0 aliphatic rings. The smallest absolute Gasteiger partial charge is 0.269 e. The minimum Gasteiger partial charge on any atom is -0.269 e. The van der Waals surface area contributed by atoms with Gasteiger partial charge in [0.1, 0.15) is 0 Å². The predicted molar refractivity (Wildman–Crippen MR) is 46.7 cm³/mol. The van der Waals surface area contributed by atoms with Gasteiger partial charge in [-0.25, -0.2) is 0 Å². The zero-order valence-electron chi connectivity index (χ0n) is 7.13. The summed E-state index contributed by atoms with van der Waals surface area (Å²) < 4.78 is 24.8. The molecular formula is C9H9F2NO. The molecule has 1 rings (SSSR count). The molecule has 13 heavy (non-hydrogen) atoms. The summed E-state index contributed by atoms with van der Waals surface area (Å²) in [6.45, 7) is 2.49. The van der Waals surface area contributed by atoms with E-state index in [0.29, 0.717) is 15.7 Å². The maximum absolute atomic E-state index is 12.2. The predicted octanol–water partition coefficient (Wildman–Crippen LogP) is 2.28. The minimum absolute atomic E-state index is 0.379. The highest BCUT2D eigenvalue weighted by Crippen LogP contribution is 2.12. The molecule has 0 aliphatic carbocycles. The van der Waals surface area contributed by atoms with Crippen LogP contribution in [-0.4, -0.2) is 4.57 Å². The van der Waals surface area contributed by atoms with Crippen LogP contribution in [0.15, 0.2) is 29.7 Å². The summed E-state index contributed by atoms with van der Waals surface area (Å²) in [6, 6.07) is 2.58. The number of aromatic nitrogens is 1. The Labute approximate surface area is 74.1 Å². The fraction of sp³-hybridized carbons (Fsp3) is 0.222. The van der Waals surface area contributed by atoms with Crippen LogP contribution in [0, 0.1) is 0 Å². The van der Waals surface area contributed by atoms with Crippen molar-refractivity contribution in [2.75, 3.05) is 0 Å². The van der Waals surface area contributed by atoms with Crippen molar-refractivity contribution < 1.29 is 8.78 Å². The second-order valence-corrected chi connectivity index (χ2v) is 2.72. The van der Waals surface area contributed by atoms with E-state index in [1.807, 2.05) is 0 Å². The molecule has 2 nitrogen and oxygen atoms in total. The van der Waals surface area contributed by atoms with Crippen molar-refractivity contribution in [2.24, 2.45) is 0 Å². The Morgan fingerprint density at radius 3 is 2.62 bits per heavy atom. The molecule has 0 amide bonds. The minimum atomic E-state index is -2.80. The maximum Gasteiger partial charge on any atom is 0.321 e. The number of pyridine rings is 1. The molecule has 0 aliphatic heterocycles. The molecule has 1 heterocycles. The van der Waals surface area contributed by atoms with Gasteiger partial charge in [0, 0.05) is 12.3 Å². The maximum atomic E-state index is 12.2. The summed E-state index contributed by atoms with van der Waals surface area (Å²) in [5.74, 6) is 0. The van der Waals surface area contributed by atoms with Gasteiger partial charge in [0.05, 0.1) is 0 Å². The molecule has 0 unspecified atom stereocenters. The van der Waals surface area contributed by atoms with Crippen LogP contribution < -0.4 is 5.56 Å². The fourth-order valence-corrected chi connectivity index (χ4v) is 0.909. The largest absolute Gasteiger partial charge is 0.321 e. The van der Waals surface area contributed by atoms with Gasteiger partial charge >= 0.3 is 6.55 Å². The van der Waals surface area contributed by atoms with Crippen LogP contribution in [0.1, 0.15) is 19.0 Å². The standard InChI is InChI=1S/C9H9F2NO/c1-6(2)7-3-4-8(13)12(5-7)9(10)11/h3-5,9H,1H2,2H3. The summed E-state index contributed by atoms with van der Waals surface area (Å²) >= 11 is 0. The molecule has 0 spiro atoms. The number of hydrogen-bond donors (Lipinski definition) is 0. The van der Waals surface area contributed by atoms with Crippen LogP contribution in [-0.2, 0) is 0 Å². The van der Waals surface area contributed by atoms with Crippen molar-refractivity contribution in [3.8, 4) is 0 Å². The third-order valence-corrected chi connectivity index (χ3v) is 1.64. The topological polar surface area (TPSA) is 22.0 Å². The summed E-state index contributed by atoms with van der Waals surface area (Å²) in [6.07, 6.45) is 1.11. The Morgan fingerprint density at radius 1 is 1.54 bits per heavy atom. The third-order valence-electron chi connectivity index (χ3n) is 1.64. The van der Waals surface area contributed by atoms with Gasteiger partial charge in [-0.05, 0) is 24.1 Å². The Kier molecular flexibility index (Phi) is 2.60. The van der Waals surface area contributed by atoms with Crippen LogP contribution in [0.5, 0.6) is 0 Å². The fourth-order valence-electron chi connectivity index (χ4n) is 0.909. The van der Waals surface area contributed by atoms with Gasteiger partial charge in [-0.2, -0.15) is 8.78 Å². The van der Waals surface area contributed by atoms with E-state index in [1.54, 1.807) is 6.92 Å². The molecule has 0 aromatic carbocycles. The number of alkyl halides is 2. The summed E-state index contributed by atoms with van der Waals surface area (Å²) in [5, 5.41) is 0. The number of nitrogens with zero attached hydrogens (tertiary/aromatic N) is 1. The first-order valence-electron chi connectivity index (χ1n) is 3.68. The van der Waals surface area contributed by atoms with E-state index in [-0.39, 0.29) is 0 Å². The lowest BCUT2D eigenvalue weighted by molar-refractivity contribution is 0.0663. The number of allylic oxidation sites excluding steroid dienone is 1. The van der Waals surface area contributed by atoms with Crippen molar-refractivity contribution in [1.29, 1.82) is 0 Å². The van der Waals surface area contributed by atoms with Crippen molar-refractivity contribution in [2.45, 2.75) is 13.5 Å². The molecule has 4 heteroatoms. The van der Waals surface area contributed by atoms with E-state index < -0.39 is 12.1 Å². The van der Waals surface area contributed by atoms with Crippen molar-refractivity contribution in [3.63, 3.8) is 0 Å². The van der Waals surface area contributed by atoms with E-state index in [9.17, 15) is 13.6 Å². The average Bonchev–Trinajstić information content (AvgIpc) is 2.04. The van der Waals surface area contributed by atoms with Crippen molar-refractivity contribution in [1.82, 2.24) is 4.57 Å². The second kappa shape index (κ2) is 3.51. The first kappa shape index (κ1) is 9.64. The number of rotatable bonds is 2. The lowest BCUT2D eigenvalue weighted by atomic mass is 10.1. The van der Waals surface area contributed by atoms with Gasteiger partial charge in [-0.1, -0.05) is 6.58 Å². The second-order valence-electron chi connectivity index (χ2n) is 2.72. The van der Waals surface area contributed by atoms with Gasteiger partial charge in [0.25, 0.3) is 5.56 Å². The molecule has 0 saturated heterocycles. The molecule has 0 radical (unpaired) electrons. The first-order chi connectivity index (χ1) is 6.02. The van der Waals surface area contributed by atoms with Gasteiger partial charge in [0.15, 0.2) is 0 Å². The molecule has 0 atom stereocenters. The van der Waals surface area contributed by atoms with Crippen LogP contribution in [0.4, 0.5) is 8.78 Å². The monoisotopic (exact) mass is 185 g/mol. The van der Waals surface area contributed by atoms with E-state index >= 15 is 0 Å². The van der Waals surface area contributed by atoms with Gasteiger partial charge in [-0.15, -0.1) is 0 Å². The first-order valence-corrected chi connectivity index (χ1v) is 3.68. The van der Waals surface area contributed by atoms with Crippen molar-refractivity contribution in [3.05, 3.63) is 40.8 Å². The van der Waals surface area contributed by atoms with Crippen LogP contribution >= 0.6 is 0 Å². The zero-order chi connectivity index (χ0) is 10.0. The van der Waals surface area contributed by atoms with E-state index in [1.165, 1.54) is 6.07 Å². The highest BCUT2D eigenvalue weighted by atomic mass is 19.3. The average molecular weight is 185 g/mol. The Bertz CT molecular complexity index is 381. The van der Waals surface area contributed by atoms with E-state index in [2.05, 4.69) is 6.58 Å².